The van der Waals surface area contributed by atoms with E-state index in [9.17, 15) is 13.2 Å². The molecule has 1 aromatic carbocycles. The highest BCUT2D eigenvalue weighted by atomic mass is 19.4. The average Bonchev–Trinajstić information content (AvgIpc) is 2.17. The Bertz CT molecular complexity index is 325. The van der Waals surface area contributed by atoms with E-state index in [-0.39, 0.29) is 5.56 Å². The Morgan fingerprint density at radius 2 is 1.93 bits per heavy atom. The van der Waals surface area contributed by atoms with E-state index in [1.807, 2.05) is 0 Å². The highest BCUT2D eigenvalue weighted by Crippen LogP contribution is 2.33. The van der Waals surface area contributed by atoms with Crippen molar-refractivity contribution in [1.82, 2.24) is 5.32 Å². The maximum absolute atomic E-state index is 12.3. The number of alkyl halides is 3. The first kappa shape index (κ1) is 12.0. The average molecular weight is 219 g/mol. The molecular formula is C10H12F3NO. The molecule has 2 nitrogen and oxygen atoms in total. The third-order valence-electron chi connectivity index (χ3n) is 2.03. The fraction of sp³-hybridized carbons (Fsp3) is 0.400. The smallest absolute Gasteiger partial charge is 0.379 e. The minimum absolute atomic E-state index is 0.0978. The lowest BCUT2D eigenvalue weighted by molar-refractivity contribution is -0.207. The zero-order valence-electron chi connectivity index (χ0n) is 8.17. The van der Waals surface area contributed by atoms with Gasteiger partial charge in [0, 0.05) is 6.54 Å². The van der Waals surface area contributed by atoms with Crippen LogP contribution in [0.3, 0.4) is 0 Å². The van der Waals surface area contributed by atoms with Crippen molar-refractivity contribution in [3.8, 4) is 0 Å². The van der Waals surface area contributed by atoms with E-state index in [4.69, 9.17) is 5.11 Å². The predicted molar refractivity (Wildman–Crippen MR) is 50.2 cm³/mol. The lowest BCUT2D eigenvalue weighted by Gasteiger charge is -2.18. The van der Waals surface area contributed by atoms with Crippen LogP contribution >= 0.6 is 0 Å². The minimum atomic E-state index is -4.62. The largest absolute Gasteiger partial charge is 0.418 e. The molecule has 0 heterocycles. The Kier molecular flexibility index (Phi) is 3.71. The summed E-state index contributed by atoms with van der Waals surface area (Å²) in [5.41, 5.74) is 0.351. The van der Waals surface area contributed by atoms with Crippen LogP contribution in [0.15, 0.2) is 24.3 Å². The summed E-state index contributed by atoms with van der Waals surface area (Å²) in [5, 5.41) is 11.9. The van der Waals surface area contributed by atoms with Crippen molar-refractivity contribution >= 4 is 0 Å². The van der Waals surface area contributed by atoms with Crippen molar-refractivity contribution in [2.24, 2.45) is 0 Å². The van der Waals surface area contributed by atoms with E-state index in [2.05, 4.69) is 5.32 Å². The second kappa shape index (κ2) is 4.63. The third-order valence-corrected chi connectivity index (χ3v) is 2.03. The molecule has 0 fully saturated rings. The van der Waals surface area contributed by atoms with Crippen LogP contribution < -0.4 is 5.32 Å². The molecule has 0 saturated heterocycles. The van der Waals surface area contributed by atoms with Gasteiger partial charge in [0.15, 0.2) is 6.10 Å². The molecule has 0 spiro atoms. The number of aliphatic hydroxyl groups excluding tert-OH is 1. The molecule has 84 valence electrons. The molecule has 2 N–H and O–H groups in total. The SMILES string of the molecule is CNCc1ccccc1C(O)C(F)(F)F. The van der Waals surface area contributed by atoms with Gasteiger partial charge in [0.2, 0.25) is 0 Å². The van der Waals surface area contributed by atoms with Gasteiger partial charge in [-0.25, -0.2) is 0 Å². The first-order valence-corrected chi connectivity index (χ1v) is 4.44. The molecule has 1 rings (SSSR count). The first-order chi connectivity index (χ1) is 6.96. The fourth-order valence-electron chi connectivity index (χ4n) is 1.33. The van der Waals surface area contributed by atoms with Gasteiger partial charge >= 0.3 is 6.18 Å². The van der Waals surface area contributed by atoms with Crippen LogP contribution in [0.5, 0.6) is 0 Å². The molecule has 5 heteroatoms. The van der Waals surface area contributed by atoms with E-state index >= 15 is 0 Å². The monoisotopic (exact) mass is 219 g/mol. The summed E-state index contributed by atoms with van der Waals surface area (Å²) in [6, 6.07) is 5.95. The van der Waals surface area contributed by atoms with Crippen LogP contribution in [-0.4, -0.2) is 18.3 Å². The Morgan fingerprint density at radius 1 is 1.33 bits per heavy atom. The van der Waals surface area contributed by atoms with Gasteiger partial charge in [-0.3, -0.25) is 0 Å². The van der Waals surface area contributed by atoms with E-state index in [0.717, 1.165) is 0 Å². The third kappa shape index (κ3) is 2.94. The summed E-state index contributed by atoms with van der Waals surface area (Å²) >= 11 is 0. The number of benzene rings is 1. The molecule has 1 aromatic rings. The highest BCUT2D eigenvalue weighted by molar-refractivity contribution is 5.29. The standard InChI is InChI=1S/C10H12F3NO/c1-14-6-7-4-2-3-5-8(7)9(15)10(11,12)13/h2-5,9,14-15H,6H2,1H3. The number of aliphatic hydroxyl groups is 1. The van der Waals surface area contributed by atoms with Crippen molar-refractivity contribution in [2.75, 3.05) is 7.05 Å². The van der Waals surface area contributed by atoms with Gasteiger partial charge in [0.1, 0.15) is 0 Å². The van der Waals surface area contributed by atoms with Crippen molar-refractivity contribution in [2.45, 2.75) is 18.8 Å². The van der Waals surface area contributed by atoms with Crippen molar-refractivity contribution in [3.63, 3.8) is 0 Å². The van der Waals surface area contributed by atoms with Crippen LogP contribution in [0, 0.1) is 0 Å². The van der Waals surface area contributed by atoms with Crippen molar-refractivity contribution < 1.29 is 18.3 Å². The second-order valence-corrected chi connectivity index (χ2v) is 3.17. The van der Waals surface area contributed by atoms with Gasteiger partial charge in [-0.15, -0.1) is 0 Å². The summed E-state index contributed by atoms with van der Waals surface area (Å²) in [6.07, 6.45) is -7.04. The molecule has 0 aliphatic rings. The van der Waals surface area contributed by atoms with E-state index in [0.29, 0.717) is 12.1 Å². The van der Waals surface area contributed by atoms with Crippen LogP contribution in [0.2, 0.25) is 0 Å². The van der Waals surface area contributed by atoms with Crippen LogP contribution in [0.25, 0.3) is 0 Å². The predicted octanol–water partition coefficient (Wildman–Crippen LogP) is 2.00. The van der Waals surface area contributed by atoms with Crippen molar-refractivity contribution in [3.05, 3.63) is 35.4 Å². The second-order valence-electron chi connectivity index (χ2n) is 3.17. The molecule has 15 heavy (non-hydrogen) atoms. The molecule has 0 aliphatic carbocycles. The zero-order valence-corrected chi connectivity index (χ0v) is 8.17. The molecule has 0 aromatic heterocycles. The zero-order chi connectivity index (χ0) is 11.5. The molecule has 0 radical (unpaired) electrons. The number of hydrogen-bond donors (Lipinski definition) is 2. The van der Waals surface area contributed by atoms with Gasteiger partial charge < -0.3 is 10.4 Å². The van der Waals surface area contributed by atoms with Crippen LogP contribution in [-0.2, 0) is 6.54 Å². The van der Waals surface area contributed by atoms with Gasteiger partial charge in [0.05, 0.1) is 0 Å². The molecule has 1 unspecified atom stereocenters. The van der Waals surface area contributed by atoms with Crippen LogP contribution in [0.1, 0.15) is 17.2 Å². The van der Waals surface area contributed by atoms with Gasteiger partial charge in [-0.2, -0.15) is 13.2 Å². The highest BCUT2D eigenvalue weighted by Gasteiger charge is 2.40. The summed E-state index contributed by atoms with van der Waals surface area (Å²) in [4.78, 5) is 0. The molecule has 1 atom stereocenters. The topological polar surface area (TPSA) is 32.3 Å². The quantitative estimate of drug-likeness (QED) is 0.815. The number of nitrogens with one attached hydrogen (secondary N) is 1. The summed E-state index contributed by atoms with van der Waals surface area (Å²) in [7, 11) is 1.64. The fourth-order valence-corrected chi connectivity index (χ4v) is 1.33. The summed E-state index contributed by atoms with van der Waals surface area (Å²) in [5.74, 6) is 0. The normalized spacial score (nSPS) is 13.9. The van der Waals surface area contributed by atoms with Crippen molar-refractivity contribution in [1.29, 1.82) is 0 Å². The maximum atomic E-state index is 12.3. The van der Waals surface area contributed by atoms with Gasteiger partial charge in [-0.05, 0) is 18.2 Å². The summed E-state index contributed by atoms with van der Waals surface area (Å²) < 4.78 is 36.9. The lowest BCUT2D eigenvalue weighted by Crippen LogP contribution is -2.22. The molecule has 0 saturated carbocycles. The van der Waals surface area contributed by atoms with Gasteiger partial charge in [-0.1, -0.05) is 24.3 Å². The Balaban J connectivity index is 3.02. The van der Waals surface area contributed by atoms with Crippen LogP contribution in [0.4, 0.5) is 13.2 Å². The van der Waals surface area contributed by atoms with E-state index in [1.54, 1.807) is 19.2 Å². The molecule has 0 amide bonds. The van der Waals surface area contributed by atoms with E-state index < -0.39 is 12.3 Å². The summed E-state index contributed by atoms with van der Waals surface area (Å²) in [6.45, 7) is 0.295. The Labute approximate surface area is 85.7 Å². The lowest BCUT2D eigenvalue weighted by atomic mass is 10.0. The Morgan fingerprint density at radius 3 is 2.47 bits per heavy atom. The molecular weight excluding hydrogens is 207 g/mol. The minimum Gasteiger partial charge on any atom is -0.379 e. The first-order valence-electron chi connectivity index (χ1n) is 4.44. The Hall–Kier alpha value is -1.07. The van der Waals surface area contributed by atoms with E-state index in [1.165, 1.54) is 12.1 Å². The number of halogens is 3. The number of hydrogen-bond acceptors (Lipinski definition) is 2. The molecule has 0 bridgehead atoms. The maximum Gasteiger partial charge on any atom is 0.418 e. The molecule has 0 aliphatic heterocycles. The number of rotatable bonds is 3. The van der Waals surface area contributed by atoms with Gasteiger partial charge in [0.25, 0.3) is 0 Å².